The number of nitrogens with one attached hydrogen (secondary N) is 1. The third-order valence-corrected chi connectivity index (χ3v) is 1.99. The molecule has 0 unspecified atom stereocenters. The monoisotopic (exact) mass is 230 g/mol. The van der Waals surface area contributed by atoms with E-state index >= 15 is 0 Å². The maximum absolute atomic E-state index is 12.0. The Morgan fingerprint density at radius 2 is 2.19 bits per heavy atom. The number of carbonyl (C=O) groups is 1. The third-order valence-electron chi connectivity index (χ3n) is 1.99. The molecule has 0 radical (unpaired) electrons. The second kappa shape index (κ2) is 4.87. The Morgan fingerprint density at radius 3 is 2.69 bits per heavy atom. The van der Waals surface area contributed by atoms with Crippen LogP contribution in [0.5, 0.6) is 0 Å². The van der Waals surface area contributed by atoms with Crippen LogP contribution < -0.4 is 5.32 Å². The Labute approximate surface area is 91.3 Å². The van der Waals surface area contributed by atoms with E-state index in [1.165, 1.54) is 13.0 Å². The minimum atomic E-state index is -2.53. The summed E-state index contributed by atoms with van der Waals surface area (Å²) in [6, 6.07) is 1.44. The molecular formula is C10H12F2N2O2. The lowest BCUT2D eigenvalue weighted by molar-refractivity contribution is 0.0696. The van der Waals surface area contributed by atoms with E-state index in [9.17, 15) is 13.6 Å². The highest BCUT2D eigenvalue weighted by Crippen LogP contribution is 2.19. The van der Waals surface area contributed by atoms with Crippen molar-refractivity contribution in [3.63, 3.8) is 0 Å². The Balaban J connectivity index is 3.09. The van der Waals surface area contributed by atoms with Gasteiger partial charge in [-0.25, -0.2) is 13.6 Å². The van der Waals surface area contributed by atoms with Crippen LogP contribution in [0.3, 0.4) is 0 Å². The molecule has 0 spiro atoms. The summed E-state index contributed by atoms with van der Waals surface area (Å²) in [5.41, 5.74) is 1.01. The second-order valence-corrected chi connectivity index (χ2v) is 3.35. The van der Waals surface area contributed by atoms with Crippen molar-refractivity contribution in [3.05, 3.63) is 23.0 Å². The van der Waals surface area contributed by atoms with Crippen LogP contribution in [0, 0.1) is 13.8 Å². The quantitative estimate of drug-likeness (QED) is 0.831. The summed E-state index contributed by atoms with van der Waals surface area (Å²) in [6.07, 6.45) is -2.53. The Morgan fingerprint density at radius 1 is 1.56 bits per heavy atom. The van der Waals surface area contributed by atoms with Crippen molar-refractivity contribution in [2.75, 3.05) is 11.9 Å². The number of aromatic nitrogens is 1. The smallest absolute Gasteiger partial charge is 0.339 e. The lowest BCUT2D eigenvalue weighted by Crippen LogP contribution is -2.15. The van der Waals surface area contributed by atoms with E-state index < -0.39 is 18.9 Å². The van der Waals surface area contributed by atoms with Crippen LogP contribution >= 0.6 is 0 Å². The number of rotatable bonds is 4. The standard InChI is InChI=1S/C10H12F2N2O2/c1-5-3-7(13-4-8(11)12)9(10(15)16)6(2)14-5/h3,8H,4H2,1-2H3,(H,13,14)(H,15,16). The van der Waals surface area contributed by atoms with Crippen LogP contribution in [-0.4, -0.2) is 29.0 Å². The topological polar surface area (TPSA) is 62.2 Å². The summed E-state index contributed by atoms with van der Waals surface area (Å²) < 4.78 is 24.1. The fourth-order valence-electron chi connectivity index (χ4n) is 1.43. The first-order chi connectivity index (χ1) is 7.41. The number of anilines is 1. The van der Waals surface area contributed by atoms with E-state index in [1.54, 1.807) is 6.92 Å². The number of pyridine rings is 1. The highest BCUT2D eigenvalue weighted by atomic mass is 19.3. The van der Waals surface area contributed by atoms with Gasteiger partial charge in [0, 0.05) is 5.69 Å². The summed E-state index contributed by atoms with van der Waals surface area (Å²) in [4.78, 5) is 14.9. The number of carboxylic acid groups (broad SMARTS) is 1. The van der Waals surface area contributed by atoms with Crippen LogP contribution in [0.2, 0.25) is 0 Å². The molecule has 2 N–H and O–H groups in total. The van der Waals surface area contributed by atoms with Gasteiger partial charge < -0.3 is 10.4 Å². The van der Waals surface area contributed by atoms with Crippen molar-refractivity contribution in [2.24, 2.45) is 0 Å². The number of nitrogens with zero attached hydrogens (tertiary/aromatic N) is 1. The van der Waals surface area contributed by atoms with Crippen LogP contribution in [0.1, 0.15) is 21.7 Å². The van der Waals surface area contributed by atoms with Gasteiger partial charge >= 0.3 is 5.97 Å². The number of alkyl halides is 2. The van der Waals surface area contributed by atoms with Crippen molar-refractivity contribution >= 4 is 11.7 Å². The average Bonchev–Trinajstić information content (AvgIpc) is 2.12. The molecule has 0 amide bonds. The molecule has 0 saturated heterocycles. The molecule has 1 heterocycles. The molecule has 0 fully saturated rings. The molecule has 0 bridgehead atoms. The first kappa shape index (κ1) is 12.4. The number of hydrogen-bond donors (Lipinski definition) is 2. The summed E-state index contributed by atoms with van der Waals surface area (Å²) in [6.45, 7) is 2.62. The predicted octanol–water partition coefficient (Wildman–Crippen LogP) is 2.07. The van der Waals surface area contributed by atoms with Crippen molar-refractivity contribution in [1.82, 2.24) is 4.98 Å². The fraction of sp³-hybridized carbons (Fsp3) is 0.400. The molecule has 16 heavy (non-hydrogen) atoms. The van der Waals surface area contributed by atoms with Crippen molar-refractivity contribution in [1.29, 1.82) is 0 Å². The fourth-order valence-corrected chi connectivity index (χ4v) is 1.43. The maximum atomic E-state index is 12.0. The molecule has 88 valence electrons. The van der Waals surface area contributed by atoms with E-state index in [0.29, 0.717) is 11.4 Å². The molecule has 0 atom stereocenters. The van der Waals surface area contributed by atoms with Gasteiger partial charge in [-0.15, -0.1) is 0 Å². The molecule has 0 aromatic carbocycles. The third kappa shape index (κ3) is 2.88. The number of carboxylic acids is 1. The molecule has 1 aromatic heterocycles. The van der Waals surface area contributed by atoms with E-state index in [4.69, 9.17) is 5.11 Å². The minimum absolute atomic E-state index is 0.0637. The van der Waals surface area contributed by atoms with Gasteiger partial charge in [-0.1, -0.05) is 0 Å². The van der Waals surface area contributed by atoms with E-state index in [1.807, 2.05) is 0 Å². The molecular weight excluding hydrogens is 218 g/mol. The van der Waals surface area contributed by atoms with Crippen LogP contribution in [0.15, 0.2) is 6.07 Å². The molecule has 6 heteroatoms. The normalized spacial score (nSPS) is 10.6. The minimum Gasteiger partial charge on any atom is -0.478 e. The van der Waals surface area contributed by atoms with Crippen LogP contribution in [0.4, 0.5) is 14.5 Å². The van der Waals surface area contributed by atoms with Gasteiger partial charge in [-0.05, 0) is 19.9 Å². The maximum Gasteiger partial charge on any atom is 0.339 e. The number of halogens is 2. The number of hydrogen-bond acceptors (Lipinski definition) is 3. The van der Waals surface area contributed by atoms with Crippen LogP contribution in [0.25, 0.3) is 0 Å². The van der Waals surface area contributed by atoms with Crippen molar-refractivity contribution < 1.29 is 18.7 Å². The Kier molecular flexibility index (Phi) is 3.76. The molecule has 0 aliphatic carbocycles. The zero-order chi connectivity index (χ0) is 12.3. The van der Waals surface area contributed by atoms with Crippen molar-refractivity contribution in [2.45, 2.75) is 20.3 Å². The summed E-state index contributed by atoms with van der Waals surface area (Å²) in [5, 5.41) is 11.3. The zero-order valence-corrected chi connectivity index (χ0v) is 8.92. The van der Waals surface area contributed by atoms with Gasteiger partial charge in [0.1, 0.15) is 5.56 Å². The molecule has 0 aliphatic rings. The first-order valence-corrected chi connectivity index (χ1v) is 4.65. The van der Waals surface area contributed by atoms with Crippen molar-refractivity contribution in [3.8, 4) is 0 Å². The van der Waals surface area contributed by atoms with Gasteiger partial charge in [0.05, 0.1) is 17.9 Å². The number of aryl methyl sites for hydroxylation is 2. The lowest BCUT2D eigenvalue weighted by Gasteiger charge is -2.11. The lowest BCUT2D eigenvalue weighted by atomic mass is 10.1. The molecule has 4 nitrogen and oxygen atoms in total. The SMILES string of the molecule is Cc1cc(NCC(F)F)c(C(=O)O)c(C)n1. The summed E-state index contributed by atoms with van der Waals surface area (Å²) in [5.74, 6) is -1.18. The molecule has 0 saturated carbocycles. The zero-order valence-electron chi connectivity index (χ0n) is 8.92. The van der Waals surface area contributed by atoms with Gasteiger partial charge in [0.25, 0.3) is 6.43 Å². The largest absolute Gasteiger partial charge is 0.478 e. The predicted molar refractivity (Wildman–Crippen MR) is 55.2 cm³/mol. The average molecular weight is 230 g/mol. The van der Waals surface area contributed by atoms with Gasteiger partial charge in [0.2, 0.25) is 0 Å². The molecule has 0 aliphatic heterocycles. The number of aromatic carboxylic acids is 1. The van der Waals surface area contributed by atoms with Gasteiger partial charge in [-0.3, -0.25) is 4.98 Å². The van der Waals surface area contributed by atoms with Gasteiger partial charge in [-0.2, -0.15) is 0 Å². The summed E-state index contributed by atoms with van der Waals surface area (Å²) >= 11 is 0. The highest BCUT2D eigenvalue weighted by Gasteiger charge is 2.16. The van der Waals surface area contributed by atoms with E-state index in [-0.39, 0.29) is 11.3 Å². The van der Waals surface area contributed by atoms with E-state index in [2.05, 4.69) is 10.3 Å². The summed E-state index contributed by atoms with van der Waals surface area (Å²) in [7, 11) is 0. The highest BCUT2D eigenvalue weighted by molar-refractivity contribution is 5.95. The van der Waals surface area contributed by atoms with Crippen LogP contribution in [-0.2, 0) is 0 Å². The molecule has 1 rings (SSSR count). The first-order valence-electron chi connectivity index (χ1n) is 4.65. The van der Waals surface area contributed by atoms with E-state index in [0.717, 1.165) is 0 Å². The second-order valence-electron chi connectivity index (χ2n) is 3.35. The van der Waals surface area contributed by atoms with Gasteiger partial charge in [0.15, 0.2) is 0 Å². The Hall–Kier alpha value is -1.72. The molecule has 1 aromatic rings. The Bertz CT molecular complexity index is 408.